The van der Waals surface area contributed by atoms with Crippen LogP contribution in [-0.2, 0) is 0 Å². The molecule has 0 heterocycles. The standard InChI is InChI=1S/C19H21ClN2O2/c1-12(2)11-21-18(23)15-6-4-5-7-17(15)22-19(24)14-9-8-13(3)10-16(14)20/h4-10,12H,11H2,1-3H3,(H,21,23)(H,22,24). The van der Waals surface area contributed by atoms with Crippen LogP contribution in [0.25, 0.3) is 0 Å². The van der Waals surface area contributed by atoms with Crippen LogP contribution in [0.4, 0.5) is 5.69 Å². The maximum atomic E-state index is 12.5. The van der Waals surface area contributed by atoms with E-state index in [4.69, 9.17) is 11.6 Å². The van der Waals surface area contributed by atoms with E-state index in [0.717, 1.165) is 5.56 Å². The molecule has 2 amide bonds. The van der Waals surface area contributed by atoms with Crippen molar-refractivity contribution in [1.82, 2.24) is 5.32 Å². The smallest absolute Gasteiger partial charge is 0.257 e. The van der Waals surface area contributed by atoms with E-state index < -0.39 is 0 Å². The number of aryl methyl sites for hydroxylation is 1. The highest BCUT2D eigenvalue weighted by Crippen LogP contribution is 2.21. The molecular formula is C19H21ClN2O2. The average Bonchev–Trinajstić information content (AvgIpc) is 2.53. The summed E-state index contributed by atoms with van der Waals surface area (Å²) in [5.74, 6) is -0.208. The predicted octanol–water partition coefficient (Wildman–Crippen LogP) is 4.29. The second kappa shape index (κ2) is 7.97. The number of hydrogen-bond acceptors (Lipinski definition) is 2. The molecule has 2 aromatic rings. The summed E-state index contributed by atoms with van der Waals surface area (Å²) < 4.78 is 0. The number of amides is 2. The van der Waals surface area contributed by atoms with Crippen molar-refractivity contribution in [3.8, 4) is 0 Å². The van der Waals surface area contributed by atoms with Crippen LogP contribution in [0.3, 0.4) is 0 Å². The molecule has 0 bridgehead atoms. The molecule has 4 nitrogen and oxygen atoms in total. The van der Waals surface area contributed by atoms with Crippen LogP contribution in [-0.4, -0.2) is 18.4 Å². The van der Waals surface area contributed by atoms with Gasteiger partial charge in [-0.15, -0.1) is 0 Å². The molecule has 2 aromatic carbocycles. The summed E-state index contributed by atoms with van der Waals surface area (Å²) >= 11 is 6.14. The summed E-state index contributed by atoms with van der Waals surface area (Å²) in [4.78, 5) is 24.8. The molecule has 5 heteroatoms. The minimum absolute atomic E-state index is 0.213. The van der Waals surface area contributed by atoms with Gasteiger partial charge in [0.15, 0.2) is 0 Å². The van der Waals surface area contributed by atoms with Gasteiger partial charge in [0.25, 0.3) is 11.8 Å². The molecular weight excluding hydrogens is 324 g/mol. The lowest BCUT2D eigenvalue weighted by atomic mass is 10.1. The van der Waals surface area contributed by atoms with E-state index >= 15 is 0 Å². The number of nitrogens with one attached hydrogen (secondary N) is 2. The highest BCUT2D eigenvalue weighted by molar-refractivity contribution is 6.34. The van der Waals surface area contributed by atoms with E-state index in [1.54, 1.807) is 36.4 Å². The van der Waals surface area contributed by atoms with Crippen LogP contribution in [0.5, 0.6) is 0 Å². The van der Waals surface area contributed by atoms with Crippen LogP contribution in [0.1, 0.15) is 40.1 Å². The molecule has 126 valence electrons. The molecule has 2 rings (SSSR count). The second-order valence-corrected chi connectivity index (χ2v) is 6.49. The van der Waals surface area contributed by atoms with Crippen LogP contribution in [0.15, 0.2) is 42.5 Å². The number of halogens is 1. The fourth-order valence-electron chi connectivity index (χ4n) is 2.18. The lowest BCUT2D eigenvalue weighted by molar-refractivity contribution is 0.0950. The van der Waals surface area contributed by atoms with Crippen molar-refractivity contribution in [3.05, 3.63) is 64.2 Å². The fourth-order valence-corrected chi connectivity index (χ4v) is 2.50. The summed E-state index contributed by atoms with van der Waals surface area (Å²) in [6.45, 7) is 6.52. The molecule has 0 aromatic heterocycles. The van der Waals surface area contributed by atoms with Crippen molar-refractivity contribution in [2.45, 2.75) is 20.8 Å². The summed E-state index contributed by atoms with van der Waals surface area (Å²) in [7, 11) is 0. The van der Waals surface area contributed by atoms with E-state index in [-0.39, 0.29) is 11.8 Å². The van der Waals surface area contributed by atoms with E-state index in [1.807, 2.05) is 26.8 Å². The Morgan fingerprint density at radius 3 is 2.42 bits per heavy atom. The van der Waals surface area contributed by atoms with Gasteiger partial charge >= 0.3 is 0 Å². The van der Waals surface area contributed by atoms with Crippen LogP contribution in [0, 0.1) is 12.8 Å². The van der Waals surface area contributed by atoms with Gasteiger partial charge in [-0.25, -0.2) is 0 Å². The lowest BCUT2D eigenvalue weighted by Gasteiger charge is -2.13. The third-order valence-electron chi connectivity index (χ3n) is 3.46. The Labute approximate surface area is 147 Å². The summed E-state index contributed by atoms with van der Waals surface area (Å²) in [5.41, 5.74) is 2.24. The molecule has 0 saturated carbocycles. The zero-order chi connectivity index (χ0) is 17.7. The highest BCUT2D eigenvalue weighted by atomic mass is 35.5. The molecule has 0 spiro atoms. The average molecular weight is 345 g/mol. The third-order valence-corrected chi connectivity index (χ3v) is 3.77. The number of carbonyl (C=O) groups excluding carboxylic acids is 2. The van der Waals surface area contributed by atoms with Crippen LogP contribution < -0.4 is 10.6 Å². The number of benzene rings is 2. The molecule has 0 aliphatic carbocycles. The van der Waals surface area contributed by atoms with E-state index in [2.05, 4.69) is 10.6 Å². The zero-order valence-electron chi connectivity index (χ0n) is 14.0. The number of rotatable bonds is 5. The van der Waals surface area contributed by atoms with Crippen molar-refractivity contribution in [2.24, 2.45) is 5.92 Å². The van der Waals surface area contributed by atoms with Crippen molar-refractivity contribution in [3.63, 3.8) is 0 Å². The van der Waals surface area contributed by atoms with Crippen LogP contribution >= 0.6 is 11.6 Å². The molecule has 24 heavy (non-hydrogen) atoms. The lowest BCUT2D eigenvalue weighted by Crippen LogP contribution is -2.28. The minimum atomic E-state index is -0.343. The fraction of sp³-hybridized carbons (Fsp3) is 0.263. The second-order valence-electron chi connectivity index (χ2n) is 6.09. The number of hydrogen-bond donors (Lipinski definition) is 2. The van der Waals surface area contributed by atoms with E-state index in [1.165, 1.54) is 0 Å². The van der Waals surface area contributed by atoms with Crippen molar-refractivity contribution < 1.29 is 9.59 Å². The van der Waals surface area contributed by atoms with Crippen molar-refractivity contribution in [2.75, 3.05) is 11.9 Å². The molecule has 2 N–H and O–H groups in total. The van der Waals surface area contributed by atoms with Gasteiger partial charge in [-0.05, 0) is 42.7 Å². The maximum Gasteiger partial charge on any atom is 0.257 e. The normalized spacial score (nSPS) is 10.5. The Kier molecular flexibility index (Phi) is 5.99. The highest BCUT2D eigenvalue weighted by Gasteiger charge is 2.15. The number of carbonyl (C=O) groups is 2. The zero-order valence-corrected chi connectivity index (χ0v) is 14.8. The first kappa shape index (κ1) is 18.0. The van der Waals surface area contributed by atoms with Crippen molar-refractivity contribution in [1.29, 1.82) is 0 Å². The first-order valence-corrected chi connectivity index (χ1v) is 8.21. The van der Waals surface area contributed by atoms with Gasteiger partial charge in [-0.3, -0.25) is 9.59 Å². The van der Waals surface area contributed by atoms with Gasteiger partial charge in [0.2, 0.25) is 0 Å². The Morgan fingerprint density at radius 1 is 1.04 bits per heavy atom. The largest absolute Gasteiger partial charge is 0.352 e. The summed E-state index contributed by atoms with van der Waals surface area (Å²) in [6, 6.07) is 12.1. The van der Waals surface area contributed by atoms with E-state index in [9.17, 15) is 9.59 Å². The minimum Gasteiger partial charge on any atom is -0.352 e. The molecule has 0 radical (unpaired) electrons. The summed E-state index contributed by atoms with van der Waals surface area (Å²) in [5, 5.41) is 6.01. The quantitative estimate of drug-likeness (QED) is 0.850. The van der Waals surface area contributed by atoms with Gasteiger partial charge < -0.3 is 10.6 Å². The molecule has 0 aliphatic heterocycles. The molecule has 0 atom stereocenters. The van der Waals surface area contributed by atoms with Gasteiger partial charge in [-0.1, -0.05) is 43.6 Å². The number of anilines is 1. The van der Waals surface area contributed by atoms with Crippen LogP contribution in [0.2, 0.25) is 5.02 Å². The van der Waals surface area contributed by atoms with E-state index in [0.29, 0.717) is 34.3 Å². The molecule has 0 unspecified atom stereocenters. The Morgan fingerprint density at radius 2 is 1.75 bits per heavy atom. The van der Waals surface area contributed by atoms with Gasteiger partial charge in [-0.2, -0.15) is 0 Å². The number of para-hydroxylation sites is 1. The first-order chi connectivity index (χ1) is 11.4. The predicted molar refractivity (Wildman–Crippen MR) is 97.8 cm³/mol. The monoisotopic (exact) mass is 344 g/mol. The molecule has 0 fully saturated rings. The SMILES string of the molecule is Cc1ccc(C(=O)Nc2ccccc2C(=O)NCC(C)C)c(Cl)c1. The Bertz CT molecular complexity index is 757. The maximum absolute atomic E-state index is 12.5. The third kappa shape index (κ3) is 4.59. The van der Waals surface area contributed by atoms with Gasteiger partial charge in [0, 0.05) is 6.54 Å². The van der Waals surface area contributed by atoms with Gasteiger partial charge in [0.1, 0.15) is 0 Å². The van der Waals surface area contributed by atoms with Gasteiger partial charge in [0.05, 0.1) is 21.8 Å². The first-order valence-electron chi connectivity index (χ1n) is 7.83. The molecule has 0 saturated heterocycles. The Hall–Kier alpha value is -2.33. The Balaban J connectivity index is 2.20. The topological polar surface area (TPSA) is 58.2 Å². The van der Waals surface area contributed by atoms with Crippen molar-refractivity contribution >= 4 is 29.1 Å². The molecule has 0 aliphatic rings. The summed E-state index contributed by atoms with van der Waals surface area (Å²) in [6.07, 6.45) is 0.